The molecule has 18 heavy (non-hydrogen) atoms. The predicted octanol–water partition coefficient (Wildman–Crippen LogP) is 3.01. The highest BCUT2D eigenvalue weighted by Gasteiger charge is 2.15. The molecule has 1 unspecified atom stereocenters. The minimum atomic E-state index is -0.0210. The number of carbonyl (C=O) groups excluding carboxylic acids is 1. The molecule has 0 aromatic heterocycles. The van der Waals surface area contributed by atoms with Gasteiger partial charge in [-0.3, -0.25) is 4.79 Å². The Bertz CT molecular complexity index is 426. The van der Waals surface area contributed by atoms with Crippen LogP contribution >= 0.6 is 0 Å². The Hall–Kier alpha value is -1.51. The summed E-state index contributed by atoms with van der Waals surface area (Å²) in [4.78, 5) is 11.2. The SMILES string of the molecule is CCC(C)CCc1ccc2c(c1)OCC(=O)CO2. The number of hydrogen-bond acceptors (Lipinski definition) is 3. The van der Waals surface area contributed by atoms with Crippen molar-refractivity contribution in [1.82, 2.24) is 0 Å². The van der Waals surface area contributed by atoms with Gasteiger partial charge in [-0.2, -0.15) is 0 Å². The van der Waals surface area contributed by atoms with E-state index in [1.165, 1.54) is 18.4 Å². The molecule has 2 rings (SSSR count). The molecule has 0 fully saturated rings. The Kier molecular flexibility index (Phi) is 4.24. The van der Waals surface area contributed by atoms with E-state index in [0.29, 0.717) is 11.5 Å². The minimum absolute atomic E-state index is 0.0210. The third-order valence-corrected chi connectivity index (χ3v) is 3.41. The fourth-order valence-corrected chi connectivity index (χ4v) is 1.92. The monoisotopic (exact) mass is 248 g/mol. The van der Waals surface area contributed by atoms with Gasteiger partial charge in [-0.25, -0.2) is 0 Å². The lowest BCUT2D eigenvalue weighted by Gasteiger charge is -2.11. The predicted molar refractivity (Wildman–Crippen MR) is 70.2 cm³/mol. The van der Waals surface area contributed by atoms with Crippen LogP contribution in [0.4, 0.5) is 0 Å². The molecule has 1 aliphatic rings. The lowest BCUT2D eigenvalue weighted by atomic mass is 9.99. The number of ketones is 1. The summed E-state index contributed by atoms with van der Waals surface area (Å²) in [6.07, 6.45) is 3.42. The molecular weight excluding hydrogens is 228 g/mol. The molecule has 1 aromatic rings. The summed E-state index contributed by atoms with van der Waals surface area (Å²) in [5, 5.41) is 0. The Labute approximate surface area is 108 Å². The van der Waals surface area contributed by atoms with Crippen molar-refractivity contribution in [1.29, 1.82) is 0 Å². The van der Waals surface area contributed by atoms with Gasteiger partial charge in [-0.1, -0.05) is 26.3 Å². The van der Waals surface area contributed by atoms with Crippen LogP contribution in [0.1, 0.15) is 32.3 Å². The molecule has 0 N–H and O–H groups in total. The molecule has 3 nitrogen and oxygen atoms in total. The third kappa shape index (κ3) is 3.25. The molecule has 1 aliphatic heterocycles. The fourth-order valence-electron chi connectivity index (χ4n) is 1.92. The number of carbonyl (C=O) groups is 1. The van der Waals surface area contributed by atoms with Gasteiger partial charge < -0.3 is 9.47 Å². The van der Waals surface area contributed by atoms with Crippen molar-refractivity contribution in [3.8, 4) is 11.5 Å². The summed E-state index contributed by atoms with van der Waals surface area (Å²) in [7, 11) is 0. The Morgan fingerprint density at radius 3 is 2.67 bits per heavy atom. The second kappa shape index (κ2) is 5.89. The van der Waals surface area contributed by atoms with Crippen LogP contribution in [-0.4, -0.2) is 19.0 Å². The number of hydrogen-bond donors (Lipinski definition) is 0. The molecule has 1 atom stereocenters. The summed E-state index contributed by atoms with van der Waals surface area (Å²) in [5.74, 6) is 2.09. The van der Waals surface area contributed by atoms with Crippen LogP contribution in [0.5, 0.6) is 11.5 Å². The first-order valence-corrected chi connectivity index (χ1v) is 6.59. The molecule has 0 amide bonds. The molecular formula is C15H20O3. The van der Waals surface area contributed by atoms with Gasteiger partial charge in [0.15, 0.2) is 24.7 Å². The van der Waals surface area contributed by atoms with E-state index in [2.05, 4.69) is 19.9 Å². The zero-order chi connectivity index (χ0) is 13.0. The van der Waals surface area contributed by atoms with Gasteiger partial charge >= 0.3 is 0 Å². The van der Waals surface area contributed by atoms with Crippen molar-refractivity contribution in [3.63, 3.8) is 0 Å². The van der Waals surface area contributed by atoms with E-state index >= 15 is 0 Å². The maximum atomic E-state index is 11.2. The van der Waals surface area contributed by atoms with Crippen LogP contribution in [-0.2, 0) is 11.2 Å². The van der Waals surface area contributed by atoms with Gasteiger partial charge in [0.25, 0.3) is 0 Å². The van der Waals surface area contributed by atoms with Gasteiger partial charge in [-0.05, 0) is 36.5 Å². The van der Waals surface area contributed by atoms with Crippen molar-refractivity contribution in [2.75, 3.05) is 13.2 Å². The molecule has 0 spiro atoms. The first kappa shape index (κ1) is 12.9. The van der Waals surface area contributed by atoms with E-state index in [1.807, 2.05) is 12.1 Å². The van der Waals surface area contributed by atoms with Crippen molar-refractivity contribution in [3.05, 3.63) is 23.8 Å². The molecule has 1 heterocycles. The largest absolute Gasteiger partial charge is 0.482 e. The number of aryl methyl sites for hydroxylation is 1. The number of fused-ring (bicyclic) bond motifs is 1. The van der Waals surface area contributed by atoms with Crippen molar-refractivity contribution in [2.24, 2.45) is 5.92 Å². The maximum absolute atomic E-state index is 11.2. The quantitative estimate of drug-likeness (QED) is 0.821. The third-order valence-electron chi connectivity index (χ3n) is 3.41. The summed E-state index contributed by atoms with van der Waals surface area (Å²) >= 11 is 0. The van der Waals surface area contributed by atoms with Crippen molar-refractivity contribution >= 4 is 5.78 Å². The highest BCUT2D eigenvalue weighted by atomic mass is 16.5. The summed E-state index contributed by atoms with van der Waals surface area (Å²) in [5.41, 5.74) is 1.24. The molecule has 3 heteroatoms. The summed E-state index contributed by atoms with van der Waals surface area (Å²) in [6.45, 7) is 4.70. The number of ether oxygens (including phenoxy) is 2. The average Bonchev–Trinajstić information content (AvgIpc) is 2.58. The molecule has 0 saturated heterocycles. The maximum Gasteiger partial charge on any atom is 0.207 e. The molecule has 0 aliphatic carbocycles. The minimum Gasteiger partial charge on any atom is -0.482 e. The summed E-state index contributed by atoms with van der Waals surface area (Å²) in [6, 6.07) is 5.95. The van der Waals surface area contributed by atoms with E-state index in [-0.39, 0.29) is 19.0 Å². The second-order valence-corrected chi connectivity index (χ2v) is 4.95. The highest BCUT2D eigenvalue weighted by Crippen LogP contribution is 2.30. The number of benzene rings is 1. The molecule has 0 bridgehead atoms. The summed E-state index contributed by atoms with van der Waals surface area (Å²) < 4.78 is 10.8. The zero-order valence-corrected chi connectivity index (χ0v) is 11.1. The van der Waals surface area contributed by atoms with E-state index in [0.717, 1.165) is 12.3 Å². The van der Waals surface area contributed by atoms with Crippen LogP contribution in [0, 0.1) is 5.92 Å². The van der Waals surface area contributed by atoms with Crippen molar-refractivity contribution in [2.45, 2.75) is 33.1 Å². The number of Topliss-reactive ketones (excluding diaryl/α,β-unsaturated/α-hetero) is 1. The standard InChI is InChI=1S/C15H20O3/c1-3-11(2)4-5-12-6-7-14-15(8-12)18-10-13(16)9-17-14/h6-8,11H,3-5,9-10H2,1-2H3. The van der Waals surface area contributed by atoms with Crippen LogP contribution in [0.3, 0.4) is 0 Å². The highest BCUT2D eigenvalue weighted by molar-refractivity contribution is 5.82. The van der Waals surface area contributed by atoms with Gasteiger partial charge in [0, 0.05) is 0 Å². The van der Waals surface area contributed by atoms with Crippen LogP contribution in [0.15, 0.2) is 18.2 Å². The van der Waals surface area contributed by atoms with Gasteiger partial charge in [0.1, 0.15) is 0 Å². The smallest absolute Gasteiger partial charge is 0.207 e. The first-order chi connectivity index (χ1) is 8.69. The van der Waals surface area contributed by atoms with Gasteiger partial charge in [-0.15, -0.1) is 0 Å². The molecule has 0 saturated carbocycles. The fraction of sp³-hybridized carbons (Fsp3) is 0.533. The van der Waals surface area contributed by atoms with Crippen LogP contribution < -0.4 is 9.47 Å². The zero-order valence-electron chi connectivity index (χ0n) is 11.1. The van der Waals surface area contributed by atoms with E-state index in [9.17, 15) is 4.79 Å². The normalized spacial score (nSPS) is 16.2. The van der Waals surface area contributed by atoms with E-state index in [1.54, 1.807) is 0 Å². The lowest BCUT2D eigenvalue weighted by Crippen LogP contribution is -2.15. The van der Waals surface area contributed by atoms with Gasteiger partial charge in [0.2, 0.25) is 5.78 Å². The van der Waals surface area contributed by atoms with E-state index in [4.69, 9.17) is 9.47 Å². The molecule has 98 valence electrons. The Morgan fingerprint density at radius 1 is 1.22 bits per heavy atom. The van der Waals surface area contributed by atoms with E-state index < -0.39 is 0 Å². The first-order valence-electron chi connectivity index (χ1n) is 6.59. The Balaban J connectivity index is 2.05. The topological polar surface area (TPSA) is 35.5 Å². The van der Waals surface area contributed by atoms with Crippen LogP contribution in [0.25, 0.3) is 0 Å². The van der Waals surface area contributed by atoms with Crippen LogP contribution in [0.2, 0.25) is 0 Å². The van der Waals surface area contributed by atoms with Crippen molar-refractivity contribution < 1.29 is 14.3 Å². The van der Waals surface area contributed by atoms with Gasteiger partial charge in [0.05, 0.1) is 0 Å². The molecule has 1 aromatic carbocycles. The lowest BCUT2D eigenvalue weighted by molar-refractivity contribution is -0.122. The average molecular weight is 248 g/mol. The second-order valence-electron chi connectivity index (χ2n) is 4.95. The Morgan fingerprint density at radius 2 is 1.94 bits per heavy atom. The molecule has 0 radical (unpaired) electrons. The number of rotatable bonds is 4.